The molecule has 1 aliphatic carbocycles. The van der Waals surface area contributed by atoms with Crippen LogP contribution in [0.15, 0.2) is 0 Å². The number of aliphatic hydroxyl groups is 1. The fourth-order valence-corrected chi connectivity index (χ4v) is 3.92. The molecule has 110 valence electrons. The first-order valence-corrected chi connectivity index (χ1v) is 7.76. The van der Waals surface area contributed by atoms with Crippen molar-refractivity contribution < 1.29 is 5.11 Å². The van der Waals surface area contributed by atoms with Crippen LogP contribution in [0.25, 0.3) is 0 Å². The van der Waals surface area contributed by atoms with Crippen molar-refractivity contribution in [1.29, 1.82) is 5.26 Å². The average Bonchev–Trinajstić information content (AvgIpc) is 2.36. The van der Waals surface area contributed by atoms with E-state index >= 15 is 0 Å². The van der Waals surface area contributed by atoms with Gasteiger partial charge in [-0.2, -0.15) is 5.26 Å². The summed E-state index contributed by atoms with van der Waals surface area (Å²) >= 11 is 0. The van der Waals surface area contributed by atoms with Crippen LogP contribution >= 0.6 is 0 Å². The maximum Gasteiger partial charge on any atom is 0.0862 e. The molecule has 1 unspecified atom stereocenters. The standard InChI is InChI=1S/C17H31NO/c1-7-17(19,13(2)3)16(12-18)10-8-14(9-11-16)15(4,5)6/h13-14,19H,7-11H2,1-6H3. The molecule has 1 saturated carbocycles. The van der Waals surface area contributed by atoms with Crippen molar-refractivity contribution in [2.45, 2.75) is 79.2 Å². The Bertz CT molecular complexity index is 339. The molecular weight excluding hydrogens is 234 g/mol. The van der Waals surface area contributed by atoms with Gasteiger partial charge in [0.05, 0.1) is 17.1 Å². The number of nitriles is 1. The smallest absolute Gasteiger partial charge is 0.0862 e. The molecule has 0 aromatic heterocycles. The summed E-state index contributed by atoms with van der Waals surface area (Å²) in [6.45, 7) is 12.9. The lowest BCUT2D eigenvalue weighted by Gasteiger charge is -2.50. The van der Waals surface area contributed by atoms with Crippen molar-refractivity contribution in [2.75, 3.05) is 0 Å². The van der Waals surface area contributed by atoms with E-state index in [0.717, 1.165) is 25.7 Å². The van der Waals surface area contributed by atoms with Gasteiger partial charge in [0.1, 0.15) is 0 Å². The Morgan fingerprint density at radius 2 is 1.74 bits per heavy atom. The first-order chi connectivity index (χ1) is 8.63. The van der Waals surface area contributed by atoms with E-state index in [1.54, 1.807) is 0 Å². The molecule has 0 aromatic rings. The highest BCUT2D eigenvalue weighted by atomic mass is 16.3. The number of hydrogen-bond acceptors (Lipinski definition) is 2. The van der Waals surface area contributed by atoms with Crippen molar-refractivity contribution >= 4 is 0 Å². The summed E-state index contributed by atoms with van der Waals surface area (Å²) in [4.78, 5) is 0. The summed E-state index contributed by atoms with van der Waals surface area (Å²) < 4.78 is 0. The molecule has 1 fully saturated rings. The third-order valence-electron chi connectivity index (χ3n) is 5.60. The van der Waals surface area contributed by atoms with Crippen LogP contribution in [0.5, 0.6) is 0 Å². The molecule has 0 heterocycles. The first kappa shape index (κ1) is 16.5. The van der Waals surface area contributed by atoms with Gasteiger partial charge in [-0.3, -0.25) is 0 Å². The molecule has 0 radical (unpaired) electrons. The molecule has 1 N–H and O–H groups in total. The lowest BCUT2D eigenvalue weighted by atomic mass is 9.55. The number of rotatable bonds is 3. The Hall–Kier alpha value is -0.550. The maximum absolute atomic E-state index is 11.0. The van der Waals surface area contributed by atoms with Crippen molar-refractivity contribution in [1.82, 2.24) is 0 Å². The first-order valence-electron chi connectivity index (χ1n) is 7.76. The van der Waals surface area contributed by atoms with E-state index in [0.29, 0.717) is 17.8 Å². The van der Waals surface area contributed by atoms with Gasteiger partial charge < -0.3 is 5.11 Å². The highest BCUT2D eigenvalue weighted by molar-refractivity contribution is 5.14. The van der Waals surface area contributed by atoms with Gasteiger partial charge in [0.25, 0.3) is 0 Å². The summed E-state index contributed by atoms with van der Waals surface area (Å²) in [5.41, 5.74) is -1.08. The summed E-state index contributed by atoms with van der Waals surface area (Å²) in [6.07, 6.45) is 4.47. The third-order valence-corrected chi connectivity index (χ3v) is 5.60. The lowest BCUT2D eigenvalue weighted by Crippen LogP contribution is -2.53. The van der Waals surface area contributed by atoms with Crippen molar-refractivity contribution in [3.8, 4) is 6.07 Å². The van der Waals surface area contributed by atoms with E-state index in [9.17, 15) is 10.4 Å². The van der Waals surface area contributed by atoms with E-state index in [2.05, 4.69) is 26.8 Å². The Labute approximate surface area is 119 Å². The Balaban J connectivity index is 2.96. The summed E-state index contributed by atoms with van der Waals surface area (Å²) in [6, 6.07) is 2.51. The van der Waals surface area contributed by atoms with Crippen LogP contribution in [0, 0.1) is 34.0 Å². The predicted octanol–water partition coefficient (Wildman–Crippen LogP) is 4.53. The minimum Gasteiger partial charge on any atom is -0.388 e. The van der Waals surface area contributed by atoms with E-state index in [1.165, 1.54) is 0 Å². The zero-order chi connectivity index (χ0) is 14.9. The number of nitrogens with zero attached hydrogens (tertiary/aromatic N) is 1. The van der Waals surface area contributed by atoms with Crippen LogP contribution in [0.3, 0.4) is 0 Å². The second-order valence-corrected chi connectivity index (χ2v) is 7.77. The van der Waals surface area contributed by atoms with Crippen LogP contribution in [0.2, 0.25) is 0 Å². The Morgan fingerprint density at radius 1 is 1.26 bits per heavy atom. The van der Waals surface area contributed by atoms with Crippen LogP contribution in [0.4, 0.5) is 0 Å². The zero-order valence-corrected chi connectivity index (χ0v) is 13.6. The minimum absolute atomic E-state index is 0.128. The second-order valence-electron chi connectivity index (χ2n) is 7.77. The maximum atomic E-state index is 11.0. The molecule has 0 amide bonds. The SMILES string of the molecule is CCC(O)(C(C)C)C1(C#N)CCC(C(C)(C)C)CC1. The van der Waals surface area contributed by atoms with Crippen LogP contribution < -0.4 is 0 Å². The second kappa shape index (κ2) is 5.44. The van der Waals surface area contributed by atoms with E-state index in [-0.39, 0.29) is 5.92 Å². The van der Waals surface area contributed by atoms with Gasteiger partial charge in [0.2, 0.25) is 0 Å². The molecule has 2 heteroatoms. The van der Waals surface area contributed by atoms with E-state index in [1.807, 2.05) is 20.8 Å². The summed E-state index contributed by atoms with van der Waals surface area (Å²) in [7, 11) is 0. The van der Waals surface area contributed by atoms with Crippen molar-refractivity contribution in [3.05, 3.63) is 0 Å². The molecule has 0 spiro atoms. The summed E-state index contributed by atoms with van der Waals surface area (Å²) in [5.74, 6) is 0.797. The molecule has 1 aliphatic rings. The molecular formula is C17H31NO. The van der Waals surface area contributed by atoms with Gasteiger partial charge in [0.15, 0.2) is 0 Å². The molecule has 2 nitrogen and oxygen atoms in total. The lowest BCUT2D eigenvalue weighted by molar-refractivity contribution is -0.118. The van der Waals surface area contributed by atoms with Gasteiger partial charge in [-0.15, -0.1) is 0 Å². The Morgan fingerprint density at radius 3 is 2.00 bits per heavy atom. The van der Waals surface area contributed by atoms with Crippen molar-refractivity contribution in [3.63, 3.8) is 0 Å². The van der Waals surface area contributed by atoms with Gasteiger partial charge >= 0.3 is 0 Å². The fraction of sp³-hybridized carbons (Fsp3) is 0.941. The summed E-state index contributed by atoms with van der Waals surface area (Å²) in [5, 5.41) is 20.8. The molecule has 1 atom stereocenters. The molecule has 0 bridgehead atoms. The van der Waals surface area contributed by atoms with Crippen molar-refractivity contribution in [2.24, 2.45) is 22.7 Å². The predicted molar refractivity (Wildman–Crippen MR) is 79.5 cm³/mol. The third kappa shape index (κ3) is 2.82. The largest absolute Gasteiger partial charge is 0.388 e. The quantitative estimate of drug-likeness (QED) is 0.814. The van der Waals surface area contributed by atoms with Gasteiger partial charge in [0, 0.05) is 0 Å². The topological polar surface area (TPSA) is 44.0 Å². The van der Waals surface area contributed by atoms with Gasteiger partial charge in [-0.1, -0.05) is 41.5 Å². The molecule has 0 saturated heterocycles. The molecule has 1 rings (SSSR count). The molecule has 19 heavy (non-hydrogen) atoms. The van der Waals surface area contributed by atoms with E-state index < -0.39 is 11.0 Å². The van der Waals surface area contributed by atoms with E-state index in [4.69, 9.17) is 0 Å². The fourth-order valence-electron chi connectivity index (χ4n) is 3.92. The highest BCUT2D eigenvalue weighted by Crippen LogP contribution is 2.53. The minimum atomic E-state index is -0.843. The zero-order valence-electron chi connectivity index (χ0n) is 13.6. The Kier molecular flexibility index (Phi) is 4.73. The van der Waals surface area contributed by atoms with Crippen LogP contribution in [0.1, 0.15) is 73.6 Å². The van der Waals surface area contributed by atoms with Crippen LogP contribution in [-0.4, -0.2) is 10.7 Å². The molecule has 0 aromatic carbocycles. The van der Waals surface area contributed by atoms with Crippen LogP contribution in [-0.2, 0) is 0 Å². The normalized spacial score (nSPS) is 31.8. The molecule has 0 aliphatic heterocycles. The van der Waals surface area contributed by atoms with Gasteiger partial charge in [-0.05, 0) is 49.4 Å². The number of hydrogen-bond donors (Lipinski definition) is 1. The highest BCUT2D eigenvalue weighted by Gasteiger charge is 2.53. The average molecular weight is 265 g/mol. The monoisotopic (exact) mass is 265 g/mol. The van der Waals surface area contributed by atoms with Gasteiger partial charge in [-0.25, -0.2) is 0 Å².